The number of rotatable bonds is 6. The Bertz CT molecular complexity index is 830. The molecule has 0 atom stereocenters. The highest BCUT2D eigenvalue weighted by Gasteiger charge is 2.08. The van der Waals surface area contributed by atoms with Gasteiger partial charge in [0.2, 0.25) is 11.9 Å². The van der Waals surface area contributed by atoms with Crippen LogP contribution in [0.3, 0.4) is 0 Å². The Balaban J connectivity index is 1.76. The highest BCUT2D eigenvalue weighted by atomic mass is 19.1. The van der Waals surface area contributed by atoms with Gasteiger partial charge in [0.05, 0.1) is 6.61 Å². The maximum atomic E-state index is 13.8. The number of ether oxygens (including phenoxy) is 1. The van der Waals surface area contributed by atoms with E-state index in [4.69, 9.17) is 4.74 Å². The Hall–Kier alpha value is -2.75. The Morgan fingerprint density at radius 3 is 2.00 bits per heavy atom. The average Bonchev–Trinajstić information content (AvgIpc) is 2.63. The van der Waals surface area contributed by atoms with Crippen molar-refractivity contribution in [2.45, 2.75) is 19.8 Å². The minimum atomic E-state index is -0.820. The molecule has 3 rings (SSSR count). The van der Waals surface area contributed by atoms with Crippen molar-refractivity contribution < 1.29 is 13.5 Å². The smallest absolute Gasteiger partial charge is 0.223 e. The summed E-state index contributed by atoms with van der Waals surface area (Å²) in [6, 6.07) is 17.9. The van der Waals surface area contributed by atoms with Gasteiger partial charge in [-0.15, -0.1) is 0 Å². The van der Waals surface area contributed by atoms with E-state index < -0.39 is 11.9 Å². The molecule has 0 unspecified atom stereocenters. The molecule has 3 aromatic rings. The maximum absolute atomic E-state index is 13.8. The van der Waals surface area contributed by atoms with Gasteiger partial charge < -0.3 is 4.74 Å². The van der Waals surface area contributed by atoms with E-state index in [2.05, 4.69) is 11.9 Å². The third-order valence-corrected chi connectivity index (χ3v) is 3.96. The number of benzene rings is 2. The van der Waals surface area contributed by atoms with Crippen LogP contribution in [0.2, 0.25) is 0 Å². The number of unbranched alkanes of at least 4 members (excludes halogenated alkanes) is 1. The molecule has 0 aliphatic heterocycles. The monoisotopic (exact) mass is 339 g/mol. The summed E-state index contributed by atoms with van der Waals surface area (Å²) in [6.45, 7) is 2.85. The number of hydrogen-bond donors (Lipinski definition) is 0. The molecule has 0 radical (unpaired) electrons. The highest BCUT2D eigenvalue weighted by molar-refractivity contribution is 5.70. The second kappa shape index (κ2) is 7.88. The molecule has 4 heteroatoms. The summed E-state index contributed by atoms with van der Waals surface area (Å²) in [4.78, 5) is 3.22. The molecule has 0 aliphatic carbocycles. The van der Waals surface area contributed by atoms with Gasteiger partial charge in [0, 0.05) is 5.56 Å². The molecule has 0 N–H and O–H groups in total. The van der Waals surface area contributed by atoms with Crippen molar-refractivity contribution in [3.8, 4) is 28.0 Å². The molecule has 0 aliphatic rings. The SMILES string of the molecule is CCCCOc1ccc(-c2ccc(-c3ccc(F)nc3F)cc2)cc1. The zero-order valence-electron chi connectivity index (χ0n) is 14.0. The average molecular weight is 339 g/mol. The molecule has 1 heterocycles. The van der Waals surface area contributed by atoms with Gasteiger partial charge >= 0.3 is 0 Å². The van der Waals surface area contributed by atoms with Crippen LogP contribution in [0, 0.1) is 11.9 Å². The van der Waals surface area contributed by atoms with Crippen molar-refractivity contribution in [2.24, 2.45) is 0 Å². The number of hydrogen-bond acceptors (Lipinski definition) is 2. The summed E-state index contributed by atoms with van der Waals surface area (Å²) in [5.74, 6) is -0.770. The maximum Gasteiger partial charge on any atom is 0.223 e. The third-order valence-electron chi connectivity index (χ3n) is 3.96. The lowest BCUT2D eigenvalue weighted by molar-refractivity contribution is 0.309. The van der Waals surface area contributed by atoms with Crippen molar-refractivity contribution in [2.75, 3.05) is 6.61 Å². The van der Waals surface area contributed by atoms with Crippen LogP contribution in [-0.2, 0) is 0 Å². The van der Waals surface area contributed by atoms with Crippen molar-refractivity contribution in [1.82, 2.24) is 4.98 Å². The first-order valence-corrected chi connectivity index (χ1v) is 8.33. The summed E-state index contributed by atoms with van der Waals surface area (Å²) in [5, 5.41) is 0. The van der Waals surface area contributed by atoms with Crippen LogP contribution in [0.15, 0.2) is 60.7 Å². The fourth-order valence-corrected chi connectivity index (χ4v) is 2.55. The Labute approximate surface area is 146 Å². The second-order valence-corrected chi connectivity index (χ2v) is 5.78. The lowest BCUT2D eigenvalue weighted by atomic mass is 10.0. The molecule has 1 aromatic heterocycles. The Morgan fingerprint density at radius 1 is 0.800 bits per heavy atom. The normalized spacial score (nSPS) is 10.7. The number of pyridine rings is 1. The third kappa shape index (κ3) is 4.21. The Morgan fingerprint density at radius 2 is 1.40 bits per heavy atom. The molecular weight excluding hydrogens is 320 g/mol. The van der Waals surface area contributed by atoms with Crippen LogP contribution in [0.25, 0.3) is 22.3 Å². The molecule has 128 valence electrons. The predicted octanol–water partition coefficient (Wildman–Crippen LogP) is 5.87. The van der Waals surface area contributed by atoms with Gasteiger partial charge in [-0.3, -0.25) is 0 Å². The molecule has 0 saturated heterocycles. The van der Waals surface area contributed by atoms with Crippen LogP contribution in [-0.4, -0.2) is 11.6 Å². The zero-order chi connectivity index (χ0) is 17.6. The fraction of sp³-hybridized carbons (Fsp3) is 0.190. The first kappa shape index (κ1) is 17.1. The minimum Gasteiger partial charge on any atom is -0.494 e. The zero-order valence-corrected chi connectivity index (χ0v) is 14.0. The molecule has 0 fully saturated rings. The van der Waals surface area contributed by atoms with E-state index in [1.54, 1.807) is 12.1 Å². The van der Waals surface area contributed by atoms with Crippen LogP contribution in [0.5, 0.6) is 5.75 Å². The van der Waals surface area contributed by atoms with Gasteiger partial charge in [-0.05, 0) is 47.4 Å². The molecule has 0 amide bonds. The van der Waals surface area contributed by atoms with Crippen molar-refractivity contribution >= 4 is 0 Å². The number of nitrogens with zero attached hydrogens (tertiary/aromatic N) is 1. The van der Waals surface area contributed by atoms with Crippen molar-refractivity contribution in [1.29, 1.82) is 0 Å². The molecular formula is C21H19F2NO. The summed E-state index contributed by atoms with van der Waals surface area (Å²) >= 11 is 0. The molecule has 25 heavy (non-hydrogen) atoms. The molecule has 2 aromatic carbocycles. The van der Waals surface area contributed by atoms with Gasteiger partial charge in [-0.2, -0.15) is 13.8 Å². The van der Waals surface area contributed by atoms with Gasteiger partial charge in [0.15, 0.2) is 0 Å². The van der Waals surface area contributed by atoms with E-state index in [1.807, 2.05) is 36.4 Å². The summed E-state index contributed by atoms with van der Waals surface area (Å²) in [6.07, 6.45) is 2.15. The number of halogens is 2. The first-order valence-electron chi connectivity index (χ1n) is 8.33. The predicted molar refractivity (Wildman–Crippen MR) is 95.4 cm³/mol. The van der Waals surface area contributed by atoms with Gasteiger partial charge in [0.25, 0.3) is 0 Å². The fourth-order valence-electron chi connectivity index (χ4n) is 2.55. The van der Waals surface area contributed by atoms with Crippen LogP contribution >= 0.6 is 0 Å². The van der Waals surface area contributed by atoms with Crippen molar-refractivity contribution in [3.63, 3.8) is 0 Å². The molecule has 0 bridgehead atoms. The van der Waals surface area contributed by atoms with E-state index >= 15 is 0 Å². The Kier molecular flexibility index (Phi) is 5.39. The topological polar surface area (TPSA) is 22.1 Å². The van der Waals surface area contributed by atoms with E-state index in [0.29, 0.717) is 5.56 Å². The van der Waals surface area contributed by atoms with Crippen molar-refractivity contribution in [3.05, 3.63) is 72.6 Å². The van der Waals surface area contributed by atoms with E-state index in [0.717, 1.165) is 42.4 Å². The van der Waals surface area contributed by atoms with Crippen LogP contribution in [0.4, 0.5) is 8.78 Å². The molecule has 2 nitrogen and oxygen atoms in total. The van der Waals surface area contributed by atoms with Gasteiger partial charge in [0.1, 0.15) is 5.75 Å². The van der Waals surface area contributed by atoms with E-state index in [-0.39, 0.29) is 5.56 Å². The number of aromatic nitrogens is 1. The second-order valence-electron chi connectivity index (χ2n) is 5.78. The van der Waals surface area contributed by atoms with Crippen LogP contribution in [0.1, 0.15) is 19.8 Å². The molecule has 0 saturated carbocycles. The van der Waals surface area contributed by atoms with Gasteiger partial charge in [-0.25, -0.2) is 0 Å². The lowest BCUT2D eigenvalue weighted by Gasteiger charge is -2.08. The van der Waals surface area contributed by atoms with Gasteiger partial charge in [-0.1, -0.05) is 49.7 Å². The van der Waals surface area contributed by atoms with Crippen LogP contribution < -0.4 is 4.74 Å². The highest BCUT2D eigenvalue weighted by Crippen LogP contribution is 2.27. The quantitative estimate of drug-likeness (QED) is 0.414. The summed E-state index contributed by atoms with van der Waals surface area (Å²) in [5.41, 5.74) is 3.01. The van der Waals surface area contributed by atoms with E-state index in [9.17, 15) is 8.78 Å². The first-order chi connectivity index (χ1) is 12.2. The lowest BCUT2D eigenvalue weighted by Crippen LogP contribution is -1.95. The molecule has 0 spiro atoms. The summed E-state index contributed by atoms with van der Waals surface area (Å²) in [7, 11) is 0. The standard InChI is InChI=1S/C21H19F2NO/c1-2-3-14-25-18-10-8-16(9-11-18)15-4-6-17(7-5-15)19-12-13-20(22)24-21(19)23/h4-13H,2-3,14H2,1H3. The summed E-state index contributed by atoms with van der Waals surface area (Å²) < 4.78 is 32.3. The largest absolute Gasteiger partial charge is 0.494 e. The van der Waals surface area contributed by atoms with E-state index in [1.165, 1.54) is 6.07 Å². The minimum absolute atomic E-state index is 0.285.